The molecule has 4 rings (SSSR count). The van der Waals surface area contributed by atoms with Crippen LogP contribution in [0.3, 0.4) is 0 Å². The van der Waals surface area contributed by atoms with E-state index in [1.165, 1.54) is 6.07 Å². The van der Waals surface area contributed by atoms with Gasteiger partial charge in [-0.15, -0.1) is 0 Å². The van der Waals surface area contributed by atoms with E-state index in [2.05, 4.69) is 23.9 Å². The van der Waals surface area contributed by atoms with Crippen LogP contribution in [0.2, 0.25) is 0 Å². The Bertz CT molecular complexity index is 1490. The van der Waals surface area contributed by atoms with Crippen molar-refractivity contribution in [1.82, 2.24) is 14.8 Å². The minimum atomic E-state index is -4.39. The third-order valence-corrected chi connectivity index (χ3v) is 6.70. The first-order valence-electron chi connectivity index (χ1n) is 12.8. The number of ketones is 1. The highest BCUT2D eigenvalue weighted by atomic mass is 19.4. The Morgan fingerprint density at radius 1 is 1.00 bits per heavy atom. The monoisotopic (exact) mass is 537 g/mol. The molecule has 2 aromatic heterocycles. The molecule has 0 aliphatic rings. The molecule has 0 saturated heterocycles. The third kappa shape index (κ3) is 6.53. The van der Waals surface area contributed by atoms with Crippen molar-refractivity contribution in [2.75, 3.05) is 0 Å². The second kappa shape index (κ2) is 11.4. The van der Waals surface area contributed by atoms with Gasteiger partial charge >= 0.3 is 12.1 Å². The van der Waals surface area contributed by atoms with Gasteiger partial charge in [0.15, 0.2) is 5.78 Å². The van der Waals surface area contributed by atoms with Crippen molar-refractivity contribution in [2.45, 2.75) is 58.7 Å². The van der Waals surface area contributed by atoms with Crippen molar-refractivity contribution >= 4 is 22.7 Å². The molecule has 0 amide bonds. The van der Waals surface area contributed by atoms with Gasteiger partial charge in [0, 0.05) is 24.4 Å². The molecule has 9 heteroatoms. The summed E-state index contributed by atoms with van der Waals surface area (Å²) in [6, 6.07) is 12.9. The number of Topliss-reactive ketones (excluding diaryl/α,β-unsaturated/α-hetero) is 1. The quantitative estimate of drug-likeness (QED) is 0.212. The lowest BCUT2D eigenvalue weighted by molar-refractivity contribution is -0.138. The SMILES string of the molecule is Cc1cc(C(F)(F)F)ccc1-c1ccc2c(cnn2C(CC(C)C)c2ccc(C(=O)CCCC(=O)O)nc2)c1. The number of carboxylic acid groups (broad SMARTS) is 1. The number of rotatable bonds is 10. The first-order chi connectivity index (χ1) is 18.4. The summed E-state index contributed by atoms with van der Waals surface area (Å²) in [5.74, 6) is -0.796. The molecule has 1 atom stereocenters. The van der Waals surface area contributed by atoms with Gasteiger partial charge in [0.05, 0.1) is 23.3 Å². The average Bonchev–Trinajstić information content (AvgIpc) is 3.29. The fraction of sp³-hybridized carbons (Fsp3) is 0.333. The summed E-state index contributed by atoms with van der Waals surface area (Å²) in [4.78, 5) is 27.5. The normalized spacial score (nSPS) is 12.7. The van der Waals surface area contributed by atoms with Crippen LogP contribution in [0, 0.1) is 12.8 Å². The van der Waals surface area contributed by atoms with Crippen LogP contribution in [0.5, 0.6) is 0 Å². The highest BCUT2D eigenvalue weighted by Gasteiger charge is 2.30. The van der Waals surface area contributed by atoms with E-state index in [0.717, 1.165) is 46.1 Å². The van der Waals surface area contributed by atoms with E-state index in [1.54, 1.807) is 25.4 Å². The van der Waals surface area contributed by atoms with Crippen molar-refractivity contribution in [2.24, 2.45) is 5.92 Å². The lowest BCUT2D eigenvalue weighted by Gasteiger charge is -2.21. The van der Waals surface area contributed by atoms with Crippen LogP contribution in [0.25, 0.3) is 22.0 Å². The van der Waals surface area contributed by atoms with Gasteiger partial charge in [-0.25, -0.2) is 0 Å². The smallest absolute Gasteiger partial charge is 0.416 e. The molecular formula is C30H30F3N3O3. The number of hydrogen-bond donors (Lipinski definition) is 1. The number of carbonyl (C=O) groups is 2. The summed E-state index contributed by atoms with van der Waals surface area (Å²) < 4.78 is 41.2. The molecule has 0 saturated carbocycles. The number of hydrogen-bond acceptors (Lipinski definition) is 4. The number of aromatic nitrogens is 3. The van der Waals surface area contributed by atoms with E-state index < -0.39 is 17.7 Å². The molecule has 1 unspecified atom stereocenters. The molecule has 6 nitrogen and oxygen atoms in total. The number of aryl methyl sites for hydroxylation is 1. The lowest BCUT2D eigenvalue weighted by Crippen LogP contribution is -2.15. The first kappa shape index (κ1) is 28.0. The summed E-state index contributed by atoms with van der Waals surface area (Å²) in [5, 5.41) is 14.3. The molecule has 0 bridgehead atoms. The van der Waals surface area contributed by atoms with Gasteiger partial charge in [-0.3, -0.25) is 19.3 Å². The molecule has 0 radical (unpaired) electrons. The Balaban J connectivity index is 1.62. The number of benzene rings is 2. The van der Waals surface area contributed by atoms with Gasteiger partial charge in [0.1, 0.15) is 5.69 Å². The van der Waals surface area contributed by atoms with Crippen LogP contribution in [-0.2, 0) is 11.0 Å². The van der Waals surface area contributed by atoms with Gasteiger partial charge in [-0.1, -0.05) is 32.0 Å². The van der Waals surface area contributed by atoms with Crippen molar-refractivity contribution < 1.29 is 27.9 Å². The molecule has 0 aliphatic carbocycles. The highest BCUT2D eigenvalue weighted by molar-refractivity contribution is 5.94. The molecule has 4 aromatic rings. The maximum atomic E-state index is 13.1. The largest absolute Gasteiger partial charge is 0.481 e. The zero-order chi connectivity index (χ0) is 28.3. The van der Waals surface area contributed by atoms with E-state index in [1.807, 2.05) is 28.9 Å². The first-order valence-corrected chi connectivity index (χ1v) is 12.8. The van der Waals surface area contributed by atoms with Crippen LogP contribution in [-0.4, -0.2) is 31.6 Å². The number of fused-ring (bicyclic) bond motifs is 1. The van der Waals surface area contributed by atoms with Crippen molar-refractivity contribution in [1.29, 1.82) is 0 Å². The fourth-order valence-corrected chi connectivity index (χ4v) is 4.75. The number of pyridine rings is 1. The van der Waals surface area contributed by atoms with Crippen LogP contribution >= 0.6 is 0 Å². The van der Waals surface area contributed by atoms with Crippen molar-refractivity contribution in [3.63, 3.8) is 0 Å². The van der Waals surface area contributed by atoms with E-state index in [0.29, 0.717) is 17.2 Å². The van der Waals surface area contributed by atoms with Crippen LogP contribution in [0.1, 0.15) is 72.8 Å². The van der Waals surface area contributed by atoms with E-state index >= 15 is 0 Å². The Labute approximate surface area is 224 Å². The molecule has 0 spiro atoms. The topological polar surface area (TPSA) is 85.1 Å². The second-order valence-corrected chi connectivity index (χ2v) is 10.2. The van der Waals surface area contributed by atoms with Gasteiger partial charge < -0.3 is 5.11 Å². The Morgan fingerprint density at radius 2 is 1.77 bits per heavy atom. The number of carbonyl (C=O) groups excluding carboxylic acids is 1. The van der Waals surface area contributed by atoms with Crippen LogP contribution in [0.4, 0.5) is 13.2 Å². The minimum Gasteiger partial charge on any atom is -0.481 e. The minimum absolute atomic E-state index is 0.0627. The summed E-state index contributed by atoms with van der Waals surface area (Å²) in [6.07, 6.45) is 0.126. The third-order valence-electron chi connectivity index (χ3n) is 6.70. The van der Waals surface area contributed by atoms with Gasteiger partial charge in [0.25, 0.3) is 0 Å². The predicted octanol–water partition coefficient (Wildman–Crippen LogP) is 7.50. The molecule has 0 fully saturated rings. The number of halogens is 3. The lowest BCUT2D eigenvalue weighted by atomic mass is 9.96. The summed E-state index contributed by atoms with van der Waals surface area (Å²) in [5.41, 5.74) is 3.47. The van der Waals surface area contributed by atoms with Gasteiger partial charge in [-0.05, 0) is 78.3 Å². The molecule has 204 valence electrons. The molecule has 0 aliphatic heterocycles. The number of carboxylic acids is 1. The molecule has 1 N–H and O–H groups in total. The average molecular weight is 538 g/mol. The Kier molecular flexibility index (Phi) is 8.18. The maximum Gasteiger partial charge on any atom is 0.416 e. The van der Waals surface area contributed by atoms with E-state index in [9.17, 15) is 22.8 Å². The standard InChI is InChI=1S/C30H30F3N3O3/c1-18(2)13-27(21-7-11-25(34-16-21)28(37)5-4-6-29(38)39)36-26-12-8-20(15-22(26)17-35-36)24-10-9-23(14-19(24)3)30(31,32)33/h7-12,14-18,27H,4-6,13H2,1-3H3,(H,38,39). The number of aliphatic carboxylic acids is 1. The van der Waals surface area contributed by atoms with E-state index in [-0.39, 0.29) is 31.1 Å². The van der Waals surface area contributed by atoms with Gasteiger partial charge in [0.2, 0.25) is 0 Å². The van der Waals surface area contributed by atoms with E-state index in [4.69, 9.17) is 5.11 Å². The maximum absolute atomic E-state index is 13.1. The van der Waals surface area contributed by atoms with Crippen molar-refractivity contribution in [3.8, 4) is 11.1 Å². The Morgan fingerprint density at radius 3 is 2.38 bits per heavy atom. The Hall–Kier alpha value is -4.01. The van der Waals surface area contributed by atoms with Gasteiger partial charge in [-0.2, -0.15) is 18.3 Å². The molecule has 39 heavy (non-hydrogen) atoms. The summed E-state index contributed by atoms with van der Waals surface area (Å²) in [7, 11) is 0. The number of alkyl halides is 3. The van der Waals surface area contributed by atoms with Crippen LogP contribution < -0.4 is 0 Å². The molecule has 2 heterocycles. The molecule has 2 aromatic carbocycles. The fourth-order valence-electron chi connectivity index (χ4n) is 4.75. The predicted molar refractivity (Wildman–Crippen MR) is 143 cm³/mol. The van der Waals surface area contributed by atoms with Crippen molar-refractivity contribution in [3.05, 3.63) is 83.3 Å². The van der Waals surface area contributed by atoms with Crippen LogP contribution in [0.15, 0.2) is 60.9 Å². The number of nitrogens with zero attached hydrogens (tertiary/aromatic N) is 3. The zero-order valence-corrected chi connectivity index (χ0v) is 22.0. The second-order valence-electron chi connectivity index (χ2n) is 10.2. The highest BCUT2D eigenvalue weighted by Crippen LogP contribution is 2.35. The zero-order valence-electron chi connectivity index (χ0n) is 22.0. The summed E-state index contributed by atoms with van der Waals surface area (Å²) in [6.45, 7) is 5.89. The summed E-state index contributed by atoms with van der Waals surface area (Å²) >= 11 is 0. The molecular weight excluding hydrogens is 507 g/mol.